The predicted octanol–water partition coefficient (Wildman–Crippen LogP) is 5.65. The number of carbonyl (C=O) groups is 1. The molecule has 0 aliphatic carbocycles. The third-order valence-electron chi connectivity index (χ3n) is 2.52. The first-order chi connectivity index (χ1) is 9.90. The molecule has 0 aromatic heterocycles. The SMILES string of the molecule is O=C(Nc1ccc(Cl)c(Cl)c1O)Nc1cccc(Cl)c1Cl. The van der Waals surface area contributed by atoms with Crippen LogP contribution >= 0.6 is 46.4 Å². The monoisotopic (exact) mass is 364 g/mol. The van der Waals surface area contributed by atoms with E-state index in [0.29, 0.717) is 10.7 Å². The topological polar surface area (TPSA) is 61.4 Å². The maximum absolute atomic E-state index is 11.9. The van der Waals surface area contributed by atoms with Gasteiger partial charge >= 0.3 is 6.03 Å². The third kappa shape index (κ3) is 3.66. The largest absolute Gasteiger partial charge is 0.504 e. The number of nitrogens with one attached hydrogen (secondary N) is 2. The number of aromatic hydroxyl groups is 1. The zero-order chi connectivity index (χ0) is 15.6. The molecule has 0 atom stereocenters. The molecule has 3 N–H and O–H groups in total. The summed E-state index contributed by atoms with van der Waals surface area (Å²) in [6.45, 7) is 0. The number of halogens is 4. The molecule has 0 saturated heterocycles. The number of rotatable bonds is 2. The smallest absolute Gasteiger partial charge is 0.323 e. The second-order valence-electron chi connectivity index (χ2n) is 3.94. The second kappa shape index (κ2) is 6.62. The van der Waals surface area contributed by atoms with Crippen LogP contribution in [0.5, 0.6) is 5.75 Å². The average molecular weight is 366 g/mol. The molecule has 21 heavy (non-hydrogen) atoms. The Morgan fingerprint density at radius 2 is 1.48 bits per heavy atom. The zero-order valence-electron chi connectivity index (χ0n) is 10.3. The molecule has 110 valence electrons. The van der Waals surface area contributed by atoms with E-state index in [-0.39, 0.29) is 26.5 Å². The van der Waals surface area contributed by atoms with Crippen LogP contribution < -0.4 is 10.6 Å². The number of hydrogen-bond acceptors (Lipinski definition) is 2. The van der Waals surface area contributed by atoms with Crippen molar-refractivity contribution in [1.29, 1.82) is 0 Å². The lowest BCUT2D eigenvalue weighted by atomic mass is 10.3. The van der Waals surface area contributed by atoms with Gasteiger partial charge in [-0.05, 0) is 24.3 Å². The number of anilines is 2. The van der Waals surface area contributed by atoms with Crippen molar-refractivity contribution in [2.24, 2.45) is 0 Å². The van der Waals surface area contributed by atoms with Gasteiger partial charge in [-0.2, -0.15) is 0 Å². The third-order valence-corrected chi connectivity index (χ3v) is 4.13. The van der Waals surface area contributed by atoms with Crippen LogP contribution in [0.3, 0.4) is 0 Å². The van der Waals surface area contributed by atoms with E-state index < -0.39 is 6.03 Å². The maximum Gasteiger partial charge on any atom is 0.323 e. The molecule has 4 nitrogen and oxygen atoms in total. The first kappa shape index (κ1) is 16.0. The Hall–Kier alpha value is -1.33. The van der Waals surface area contributed by atoms with Crippen LogP contribution in [0.2, 0.25) is 20.1 Å². The van der Waals surface area contributed by atoms with E-state index in [0.717, 1.165) is 0 Å². The molecule has 2 amide bonds. The van der Waals surface area contributed by atoms with E-state index in [1.54, 1.807) is 18.2 Å². The van der Waals surface area contributed by atoms with Gasteiger partial charge in [0, 0.05) is 0 Å². The van der Waals surface area contributed by atoms with Gasteiger partial charge in [0.15, 0.2) is 5.75 Å². The van der Waals surface area contributed by atoms with E-state index >= 15 is 0 Å². The van der Waals surface area contributed by atoms with Crippen LogP contribution in [-0.2, 0) is 0 Å². The summed E-state index contributed by atoms with van der Waals surface area (Å²) in [7, 11) is 0. The zero-order valence-corrected chi connectivity index (χ0v) is 13.3. The molecule has 0 spiro atoms. The summed E-state index contributed by atoms with van der Waals surface area (Å²) in [6, 6.07) is 7.07. The van der Waals surface area contributed by atoms with E-state index in [1.165, 1.54) is 12.1 Å². The molecule has 0 fully saturated rings. The summed E-state index contributed by atoms with van der Waals surface area (Å²) in [4.78, 5) is 11.9. The van der Waals surface area contributed by atoms with Gasteiger partial charge < -0.3 is 15.7 Å². The van der Waals surface area contributed by atoms with E-state index in [1.807, 2.05) is 0 Å². The lowest BCUT2D eigenvalue weighted by Crippen LogP contribution is -2.19. The van der Waals surface area contributed by atoms with Crippen molar-refractivity contribution in [1.82, 2.24) is 0 Å². The van der Waals surface area contributed by atoms with Crippen molar-refractivity contribution in [3.05, 3.63) is 50.4 Å². The molecular weight excluding hydrogens is 358 g/mol. The number of amides is 2. The van der Waals surface area contributed by atoms with Gasteiger partial charge in [0.25, 0.3) is 0 Å². The number of phenols is 1. The van der Waals surface area contributed by atoms with Crippen molar-refractivity contribution in [3.63, 3.8) is 0 Å². The number of urea groups is 1. The molecule has 2 rings (SSSR count). The van der Waals surface area contributed by atoms with Crippen LogP contribution in [0.25, 0.3) is 0 Å². The van der Waals surface area contributed by atoms with Crippen molar-refractivity contribution in [3.8, 4) is 5.75 Å². The highest BCUT2D eigenvalue weighted by Crippen LogP contribution is 2.37. The Morgan fingerprint density at radius 3 is 2.19 bits per heavy atom. The summed E-state index contributed by atoms with van der Waals surface area (Å²) in [5.74, 6) is -0.323. The summed E-state index contributed by atoms with van der Waals surface area (Å²) >= 11 is 23.3. The van der Waals surface area contributed by atoms with E-state index in [2.05, 4.69) is 10.6 Å². The molecular formula is C13H8Cl4N2O2. The van der Waals surface area contributed by atoms with Crippen LogP contribution in [-0.4, -0.2) is 11.1 Å². The fourth-order valence-electron chi connectivity index (χ4n) is 1.52. The van der Waals surface area contributed by atoms with E-state index in [9.17, 15) is 9.90 Å². The quantitative estimate of drug-likeness (QED) is 0.602. The van der Waals surface area contributed by atoms with Gasteiger partial charge in [0.2, 0.25) is 0 Å². The standard InChI is InChI=1S/C13H8Cl4N2O2/c14-6-2-1-3-8(10(6)16)18-13(21)19-9-5-4-7(15)11(17)12(9)20/h1-5,20H,(H2,18,19,21). The molecule has 2 aromatic rings. The van der Waals surface area contributed by atoms with Crippen molar-refractivity contribution in [2.45, 2.75) is 0 Å². The molecule has 0 aliphatic heterocycles. The van der Waals surface area contributed by atoms with Crippen LogP contribution in [0.15, 0.2) is 30.3 Å². The Kier molecular flexibility index (Phi) is 5.06. The van der Waals surface area contributed by atoms with E-state index in [4.69, 9.17) is 46.4 Å². The summed E-state index contributed by atoms with van der Waals surface area (Å²) < 4.78 is 0. The molecule has 2 aromatic carbocycles. The Bertz CT molecular complexity index is 707. The van der Waals surface area contributed by atoms with Gasteiger partial charge in [0.1, 0.15) is 5.02 Å². The molecule has 0 heterocycles. The summed E-state index contributed by atoms with van der Waals surface area (Å²) in [5.41, 5.74) is 0.446. The summed E-state index contributed by atoms with van der Waals surface area (Å²) in [6.07, 6.45) is 0. The highest BCUT2D eigenvalue weighted by atomic mass is 35.5. The minimum absolute atomic E-state index is 0.0461. The van der Waals surface area contributed by atoms with Gasteiger partial charge in [-0.1, -0.05) is 52.5 Å². The first-order valence-electron chi connectivity index (χ1n) is 5.59. The fraction of sp³-hybridized carbons (Fsp3) is 0. The molecule has 8 heteroatoms. The maximum atomic E-state index is 11.9. The second-order valence-corrected chi connectivity index (χ2v) is 5.51. The molecule has 0 unspecified atom stereocenters. The van der Waals surface area contributed by atoms with Gasteiger partial charge in [0.05, 0.1) is 26.4 Å². The van der Waals surface area contributed by atoms with Gasteiger partial charge in [-0.25, -0.2) is 4.79 Å². The minimum Gasteiger partial charge on any atom is -0.504 e. The Labute approximate surface area is 140 Å². The lowest BCUT2D eigenvalue weighted by molar-refractivity contribution is 0.262. The summed E-state index contributed by atoms with van der Waals surface area (Å²) in [5, 5.41) is 15.4. The number of phenolic OH excluding ortho intramolecular Hbond substituents is 1. The predicted molar refractivity (Wildman–Crippen MR) is 87.2 cm³/mol. The molecule has 0 radical (unpaired) electrons. The minimum atomic E-state index is -0.618. The Balaban J connectivity index is 2.16. The number of carbonyl (C=O) groups excluding carboxylic acids is 1. The van der Waals surface area contributed by atoms with Crippen LogP contribution in [0.4, 0.5) is 16.2 Å². The van der Waals surface area contributed by atoms with Gasteiger partial charge in [-0.15, -0.1) is 0 Å². The van der Waals surface area contributed by atoms with Crippen molar-refractivity contribution >= 4 is 63.8 Å². The fourth-order valence-corrected chi connectivity index (χ4v) is 2.18. The number of hydrogen-bond donors (Lipinski definition) is 3. The first-order valence-corrected chi connectivity index (χ1v) is 7.10. The Morgan fingerprint density at radius 1 is 0.857 bits per heavy atom. The van der Waals surface area contributed by atoms with Crippen LogP contribution in [0, 0.1) is 0 Å². The molecule has 0 aliphatic rings. The molecule has 0 bridgehead atoms. The average Bonchev–Trinajstić information content (AvgIpc) is 2.45. The highest BCUT2D eigenvalue weighted by molar-refractivity contribution is 6.44. The number of benzene rings is 2. The normalized spacial score (nSPS) is 10.3. The van der Waals surface area contributed by atoms with Crippen LogP contribution in [0.1, 0.15) is 0 Å². The lowest BCUT2D eigenvalue weighted by Gasteiger charge is -2.11. The highest BCUT2D eigenvalue weighted by Gasteiger charge is 2.13. The molecule has 0 saturated carbocycles. The van der Waals surface area contributed by atoms with Gasteiger partial charge in [-0.3, -0.25) is 0 Å². The van der Waals surface area contributed by atoms with Crippen molar-refractivity contribution < 1.29 is 9.90 Å². The van der Waals surface area contributed by atoms with Crippen molar-refractivity contribution in [2.75, 3.05) is 10.6 Å².